The van der Waals surface area contributed by atoms with E-state index in [-0.39, 0.29) is 24.0 Å². The second-order valence-electron chi connectivity index (χ2n) is 5.92. The normalized spacial score (nSPS) is 11.3. The minimum Gasteiger partial charge on any atom is -0.452 e. The predicted octanol–water partition coefficient (Wildman–Crippen LogP) is 3.86. The number of hydrogen-bond acceptors (Lipinski definition) is 4. The highest BCUT2D eigenvalue weighted by Gasteiger charge is 2.23. The summed E-state index contributed by atoms with van der Waals surface area (Å²) < 4.78 is 23.2. The van der Waals surface area contributed by atoms with Crippen LogP contribution in [0.25, 0.3) is 11.3 Å². The van der Waals surface area contributed by atoms with E-state index < -0.39 is 11.4 Å². The molecule has 4 nitrogen and oxygen atoms in total. The number of rotatable bonds is 4. The molecular formula is C17H17FO4. The Hall–Kier alpha value is -2.43. The summed E-state index contributed by atoms with van der Waals surface area (Å²) in [7, 11) is 0. The summed E-state index contributed by atoms with van der Waals surface area (Å²) in [6, 6.07) is 8.76. The van der Waals surface area contributed by atoms with Gasteiger partial charge in [0.05, 0.1) is 0 Å². The largest absolute Gasteiger partial charge is 0.452 e. The van der Waals surface area contributed by atoms with Crippen LogP contribution in [-0.2, 0) is 9.53 Å². The lowest BCUT2D eigenvalue weighted by Crippen LogP contribution is -2.26. The summed E-state index contributed by atoms with van der Waals surface area (Å²) in [6.45, 7) is 4.96. The summed E-state index contributed by atoms with van der Waals surface area (Å²) >= 11 is 0. The second-order valence-corrected chi connectivity index (χ2v) is 5.92. The molecule has 0 radical (unpaired) electrons. The zero-order valence-corrected chi connectivity index (χ0v) is 12.7. The standard InChI is InChI=1S/C17H17FO4/c1-17(2,3)15(19)10-21-16(20)14-9-8-13(22-14)11-4-6-12(18)7-5-11/h4-9H,10H2,1-3H3. The van der Waals surface area contributed by atoms with Crippen LogP contribution in [0.1, 0.15) is 31.3 Å². The first kappa shape index (κ1) is 15.9. The van der Waals surface area contributed by atoms with Crippen LogP contribution in [0.3, 0.4) is 0 Å². The Bertz CT molecular complexity index is 677. The number of carbonyl (C=O) groups is 2. The number of benzene rings is 1. The Labute approximate surface area is 127 Å². The maximum absolute atomic E-state index is 12.9. The summed E-state index contributed by atoms with van der Waals surface area (Å²) in [5, 5.41) is 0. The van der Waals surface area contributed by atoms with E-state index in [1.54, 1.807) is 39.0 Å². The van der Waals surface area contributed by atoms with Crippen LogP contribution in [0, 0.1) is 11.2 Å². The quantitative estimate of drug-likeness (QED) is 0.805. The molecule has 0 aliphatic rings. The molecule has 2 rings (SSSR count). The van der Waals surface area contributed by atoms with Crippen LogP contribution < -0.4 is 0 Å². The number of hydrogen-bond donors (Lipinski definition) is 0. The van der Waals surface area contributed by atoms with Gasteiger partial charge in [-0.2, -0.15) is 0 Å². The average Bonchev–Trinajstić information content (AvgIpc) is 2.94. The summed E-state index contributed by atoms with van der Waals surface area (Å²) in [5.41, 5.74) is 0.0779. The van der Waals surface area contributed by atoms with Crippen molar-refractivity contribution in [1.82, 2.24) is 0 Å². The molecule has 0 fully saturated rings. The van der Waals surface area contributed by atoms with Crippen molar-refractivity contribution in [3.63, 3.8) is 0 Å². The predicted molar refractivity (Wildman–Crippen MR) is 78.8 cm³/mol. The van der Waals surface area contributed by atoms with Crippen molar-refractivity contribution in [3.05, 3.63) is 48.0 Å². The van der Waals surface area contributed by atoms with E-state index in [2.05, 4.69) is 0 Å². The highest BCUT2D eigenvalue weighted by atomic mass is 19.1. The van der Waals surface area contributed by atoms with E-state index in [4.69, 9.17) is 9.15 Å². The molecule has 1 heterocycles. The van der Waals surface area contributed by atoms with Crippen LogP contribution in [0.5, 0.6) is 0 Å². The molecule has 0 saturated carbocycles. The molecule has 0 aliphatic carbocycles. The SMILES string of the molecule is CC(C)(C)C(=O)COC(=O)c1ccc(-c2ccc(F)cc2)o1. The van der Waals surface area contributed by atoms with Crippen LogP contribution in [0.4, 0.5) is 4.39 Å². The molecule has 0 spiro atoms. The third kappa shape index (κ3) is 3.81. The van der Waals surface area contributed by atoms with Crippen molar-refractivity contribution in [2.45, 2.75) is 20.8 Å². The van der Waals surface area contributed by atoms with E-state index in [9.17, 15) is 14.0 Å². The molecule has 5 heteroatoms. The van der Waals surface area contributed by atoms with Crippen molar-refractivity contribution < 1.29 is 23.1 Å². The zero-order chi connectivity index (χ0) is 16.3. The van der Waals surface area contributed by atoms with Gasteiger partial charge < -0.3 is 9.15 Å². The van der Waals surface area contributed by atoms with Crippen molar-refractivity contribution in [1.29, 1.82) is 0 Å². The summed E-state index contributed by atoms with van der Waals surface area (Å²) in [5.74, 6) is -0.803. The first-order valence-corrected chi connectivity index (χ1v) is 6.83. The molecule has 0 saturated heterocycles. The molecule has 22 heavy (non-hydrogen) atoms. The summed E-state index contributed by atoms with van der Waals surface area (Å²) in [4.78, 5) is 23.6. The molecule has 0 bridgehead atoms. The van der Waals surface area contributed by atoms with Crippen LogP contribution >= 0.6 is 0 Å². The lowest BCUT2D eigenvalue weighted by molar-refractivity contribution is -0.129. The number of esters is 1. The maximum Gasteiger partial charge on any atom is 0.374 e. The monoisotopic (exact) mass is 304 g/mol. The van der Waals surface area contributed by atoms with Crippen molar-refractivity contribution in [2.24, 2.45) is 5.41 Å². The topological polar surface area (TPSA) is 56.5 Å². The lowest BCUT2D eigenvalue weighted by Gasteiger charge is -2.15. The third-order valence-electron chi connectivity index (χ3n) is 3.11. The van der Waals surface area contributed by atoms with Gasteiger partial charge in [0.25, 0.3) is 0 Å². The molecule has 1 aromatic carbocycles. The van der Waals surface area contributed by atoms with Gasteiger partial charge in [-0.05, 0) is 36.4 Å². The molecule has 0 N–H and O–H groups in total. The number of Topliss-reactive ketones (excluding diaryl/α,β-unsaturated/α-hetero) is 1. The van der Waals surface area contributed by atoms with Gasteiger partial charge >= 0.3 is 5.97 Å². The highest BCUT2D eigenvalue weighted by Crippen LogP contribution is 2.23. The molecular weight excluding hydrogens is 287 g/mol. The van der Waals surface area contributed by atoms with E-state index in [0.717, 1.165) is 0 Å². The number of ketones is 1. The van der Waals surface area contributed by atoms with Gasteiger partial charge in [-0.3, -0.25) is 4.79 Å². The minimum absolute atomic E-state index is 0.000958. The fourth-order valence-corrected chi connectivity index (χ4v) is 1.64. The third-order valence-corrected chi connectivity index (χ3v) is 3.11. The lowest BCUT2D eigenvalue weighted by atomic mass is 9.91. The highest BCUT2D eigenvalue weighted by molar-refractivity contribution is 5.91. The van der Waals surface area contributed by atoms with Crippen molar-refractivity contribution >= 4 is 11.8 Å². The zero-order valence-electron chi connectivity index (χ0n) is 12.7. The molecule has 2 aromatic rings. The first-order chi connectivity index (χ1) is 10.3. The van der Waals surface area contributed by atoms with Gasteiger partial charge in [-0.1, -0.05) is 20.8 Å². The maximum atomic E-state index is 12.9. The smallest absolute Gasteiger partial charge is 0.374 e. The first-order valence-electron chi connectivity index (χ1n) is 6.83. The van der Waals surface area contributed by atoms with Gasteiger partial charge in [-0.15, -0.1) is 0 Å². The van der Waals surface area contributed by atoms with Gasteiger partial charge in [0, 0.05) is 11.0 Å². The van der Waals surface area contributed by atoms with Crippen LogP contribution in [0.2, 0.25) is 0 Å². The van der Waals surface area contributed by atoms with E-state index in [0.29, 0.717) is 11.3 Å². The fraction of sp³-hybridized carbons (Fsp3) is 0.294. The Kier molecular flexibility index (Phi) is 4.45. The Morgan fingerprint density at radius 1 is 1.09 bits per heavy atom. The molecule has 0 atom stereocenters. The van der Waals surface area contributed by atoms with Gasteiger partial charge in [0.15, 0.2) is 12.4 Å². The molecule has 0 aliphatic heterocycles. The van der Waals surface area contributed by atoms with Gasteiger partial charge in [-0.25, -0.2) is 9.18 Å². The molecule has 1 aromatic heterocycles. The van der Waals surface area contributed by atoms with Crippen molar-refractivity contribution in [2.75, 3.05) is 6.61 Å². The Morgan fingerprint density at radius 2 is 1.73 bits per heavy atom. The van der Waals surface area contributed by atoms with Gasteiger partial charge in [0.2, 0.25) is 5.76 Å². The van der Waals surface area contributed by atoms with Crippen LogP contribution in [-0.4, -0.2) is 18.4 Å². The van der Waals surface area contributed by atoms with Crippen molar-refractivity contribution in [3.8, 4) is 11.3 Å². The van der Waals surface area contributed by atoms with E-state index in [1.807, 2.05) is 0 Å². The van der Waals surface area contributed by atoms with E-state index in [1.165, 1.54) is 18.2 Å². The molecule has 0 amide bonds. The summed E-state index contributed by atoms with van der Waals surface area (Å²) in [6.07, 6.45) is 0. The fourth-order valence-electron chi connectivity index (χ4n) is 1.64. The average molecular weight is 304 g/mol. The number of ether oxygens (including phenoxy) is 1. The molecule has 0 unspecified atom stereocenters. The number of furan rings is 1. The Morgan fingerprint density at radius 3 is 2.32 bits per heavy atom. The number of carbonyl (C=O) groups excluding carboxylic acids is 2. The number of halogens is 1. The Balaban J connectivity index is 2.03. The minimum atomic E-state index is -0.703. The second kappa shape index (κ2) is 6.13. The van der Waals surface area contributed by atoms with E-state index >= 15 is 0 Å². The molecule has 116 valence electrons. The van der Waals surface area contributed by atoms with Crippen LogP contribution in [0.15, 0.2) is 40.8 Å². The van der Waals surface area contributed by atoms with Gasteiger partial charge in [0.1, 0.15) is 11.6 Å².